The molecule has 18 heteroatoms. The van der Waals surface area contributed by atoms with Gasteiger partial charge in [0.15, 0.2) is 5.78 Å². The summed E-state index contributed by atoms with van der Waals surface area (Å²) in [6, 6.07) is 2.59. The molecule has 0 aliphatic carbocycles. The molecule has 0 radical (unpaired) electrons. The van der Waals surface area contributed by atoms with E-state index in [9.17, 15) is 46.6 Å². The summed E-state index contributed by atoms with van der Waals surface area (Å²) in [7, 11) is 0. The molecule has 0 unspecified atom stereocenters. The number of carbonyl (C=O) groups is 5. The van der Waals surface area contributed by atoms with Gasteiger partial charge in [-0.15, -0.1) is 0 Å². The molecule has 1 saturated heterocycles. The van der Waals surface area contributed by atoms with Crippen LogP contribution in [0.5, 0.6) is 0 Å². The molecule has 1 aliphatic heterocycles. The smallest absolute Gasteiger partial charge is 0.345 e. The summed E-state index contributed by atoms with van der Waals surface area (Å²) in [5, 5.41) is 19.3. The van der Waals surface area contributed by atoms with Gasteiger partial charge in [-0.05, 0) is 24.3 Å². The molecule has 288 valence electrons. The Morgan fingerprint density at radius 3 is 1.80 bits per heavy atom. The molecule has 4 amide bonds. The van der Waals surface area contributed by atoms with Crippen LogP contribution in [0.3, 0.4) is 0 Å². The van der Waals surface area contributed by atoms with Gasteiger partial charge in [-0.3, -0.25) is 28.9 Å². The number of ether oxygens (including phenoxy) is 3. The highest BCUT2D eigenvalue weighted by atomic mass is 19.3. The Morgan fingerprint density at radius 1 is 0.804 bits per heavy atom. The van der Waals surface area contributed by atoms with Gasteiger partial charge in [-0.2, -0.15) is 17.6 Å². The van der Waals surface area contributed by atoms with E-state index in [0.717, 1.165) is 0 Å². The Morgan fingerprint density at radius 2 is 1.29 bits per heavy atom. The number of nitrogens with one attached hydrogen (secondary N) is 4. The zero-order valence-corrected chi connectivity index (χ0v) is 29.2. The van der Waals surface area contributed by atoms with Crippen LogP contribution in [0, 0.1) is 11.3 Å². The number of aliphatic hydroxyl groups is 1. The fourth-order valence-corrected chi connectivity index (χ4v) is 5.03. The molecule has 0 aromatic heterocycles. The van der Waals surface area contributed by atoms with E-state index in [4.69, 9.17) is 4.74 Å². The van der Waals surface area contributed by atoms with E-state index < -0.39 is 92.0 Å². The quantitative estimate of drug-likeness (QED) is 0.106. The summed E-state index contributed by atoms with van der Waals surface area (Å²) in [6.07, 6.45) is 0.0590. The molecule has 1 fully saturated rings. The fraction of sp³-hybridized carbons (Fsp3) is 0.667. The average molecular weight is 736 g/mol. The van der Waals surface area contributed by atoms with Crippen LogP contribution in [0.25, 0.3) is 0 Å². The van der Waals surface area contributed by atoms with Crippen molar-refractivity contribution in [2.75, 3.05) is 52.7 Å². The molecule has 14 nitrogen and oxygen atoms in total. The van der Waals surface area contributed by atoms with Crippen molar-refractivity contribution in [3.63, 3.8) is 0 Å². The first kappa shape index (κ1) is 43.5. The predicted octanol–water partition coefficient (Wildman–Crippen LogP) is 0.613. The van der Waals surface area contributed by atoms with Crippen molar-refractivity contribution >= 4 is 29.4 Å². The molecule has 2 rings (SSSR count). The molecule has 51 heavy (non-hydrogen) atoms. The Hall–Kier alpha value is -3.71. The molecule has 0 bridgehead atoms. The molecular formula is C33H49F4N5O9. The maximum absolute atomic E-state index is 13.7. The van der Waals surface area contributed by atoms with E-state index in [1.54, 1.807) is 49.1 Å². The van der Waals surface area contributed by atoms with E-state index in [-0.39, 0.29) is 25.3 Å². The monoisotopic (exact) mass is 735 g/mol. The lowest BCUT2D eigenvalue weighted by atomic mass is 9.83. The second kappa shape index (κ2) is 21.6. The van der Waals surface area contributed by atoms with Crippen LogP contribution in [0.15, 0.2) is 30.3 Å². The highest BCUT2D eigenvalue weighted by Gasteiger charge is 2.37. The summed E-state index contributed by atoms with van der Waals surface area (Å²) in [4.78, 5) is 68.2. The SMILES string of the molecule is CC(C)C[C@H](NC(=O)[C@H](COC(F)F)NC(=O)[C@H](COC(F)F)NC(=O)CN1CCOCC1)C(=O)N[C@@H](Cc1ccccc1)C(=O)C(C)(C)CO. The van der Waals surface area contributed by atoms with E-state index in [1.807, 2.05) is 0 Å². The number of aliphatic hydroxyl groups excluding tert-OH is 1. The normalized spacial score (nSPS) is 16.3. The van der Waals surface area contributed by atoms with Gasteiger partial charge in [0.1, 0.15) is 18.1 Å². The summed E-state index contributed by atoms with van der Waals surface area (Å²) in [5.74, 6) is -4.63. The third-order valence-electron chi connectivity index (χ3n) is 7.85. The van der Waals surface area contributed by atoms with Crippen LogP contribution < -0.4 is 21.3 Å². The maximum Gasteiger partial charge on any atom is 0.345 e. The Balaban J connectivity index is 2.28. The van der Waals surface area contributed by atoms with E-state index in [1.165, 1.54) is 13.8 Å². The minimum atomic E-state index is -3.38. The Kier molecular flexibility index (Phi) is 18.4. The number of alkyl halides is 4. The number of carbonyl (C=O) groups excluding carboxylic acids is 5. The van der Waals surface area contributed by atoms with Crippen LogP contribution in [0.2, 0.25) is 0 Å². The first-order chi connectivity index (χ1) is 24.0. The Labute approximate surface area is 294 Å². The zero-order valence-electron chi connectivity index (χ0n) is 29.2. The zero-order chi connectivity index (χ0) is 38.1. The molecular weight excluding hydrogens is 686 g/mol. The molecule has 5 N–H and O–H groups in total. The number of Topliss-reactive ketones (excluding diaryl/α,β-unsaturated/α-hetero) is 1. The lowest BCUT2D eigenvalue weighted by Gasteiger charge is -2.30. The van der Waals surface area contributed by atoms with Crippen molar-refractivity contribution in [3.05, 3.63) is 35.9 Å². The van der Waals surface area contributed by atoms with Gasteiger partial charge in [0, 0.05) is 18.5 Å². The maximum atomic E-state index is 13.7. The highest BCUT2D eigenvalue weighted by molar-refractivity contribution is 5.97. The third-order valence-corrected chi connectivity index (χ3v) is 7.85. The number of nitrogens with zero attached hydrogens (tertiary/aromatic N) is 1. The van der Waals surface area contributed by atoms with Crippen molar-refractivity contribution in [3.8, 4) is 0 Å². The van der Waals surface area contributed by atoms with Crippen molar-refractivity contribution < 1.29 is 60.9 Å². The van der Waals surface area contributed by atoms with Crippen LogP contribution in [-0.2, 0) is 44.6 Å². The lowest BCUT2D eigenvalue weighted by molar-refractivity contribution is -0.153. The van der Waals surface area contributed by atoms with Gasteiger partial charge in [0.25, 0.3) is 0 Å². The summed E-state index contributed by atoms with van der Waals surface area (Å²) < 4.78 is 65.7. The molecule has 1 aliphatic rings. The number of hydrogen-bond donors (Lipinski definition) is 5. The van der Waals surface area contributed by atoms with Crippen LogP contribution in [0.4, 0.5) is 17.6 Å². The largest absolute Gasteiger partial charge is 0.395 e. The summed E-state index contributed by atoms with van der Waals surface area (Å²) in [5.41, 5.74) is -0.545. The van der Waals surface area contributed by atoms with Gasteiger partial charge < -0.3 is 40.6 Å². The number of benzene rings is 1. The number of rotatable bonds is 22. The fourth-order valence-electron chi connectivity index (χ4n) is 5.03. The topological polar surface area (TPSA) is 185 Å². The van der Waals surface area contributed by atoms with E-state index in [0.29, 0.717) is 31.9 Å². The second-order valence-electron chi connectivity index (χ2n) is 13.1. The number of halogens is 4. The number of ketones is 1. The first-order valence-electron chi connectivity index (χ1n) is 16.5. The van der Waals surface area contributed by atoms with Gasteiger partial charge in [-0.25, -0.2) is 0 Å². The predicted molar refractivity (Wildman–Crippen MR) is 174 cm³/mol. The standard InChI is InChI=1S/C33H49F4N5O9/c1-20(2)14-23(28(46)39-22(27(45)33(3,4)19-43)15-21-8-6-5-7-9-21)40-30(48)25(18-51-32(36)37)41-29(47)24(17-50-31(34)35)38-26(44)16-42-10-12-49-13-11-42/h5-9,20,22-25,31-32,43H,10-19H2,1-4H3,(H,38,44)(H,39,46)(H,40,48)(H,41,47)/t22-,23-,24-,25-/m0/s1. The molecule has 4 atom stereocenters. The van der Waals surface area contributed by atoms with Crippen molar-refractivity contribution in [1.29, 1.82) is 0 Å². The van der Waals surface area contributed by atoms with Gasteiger partial charge >= 0.3 is 13.2 Å². The van der Waals surface area contributed by atoms with Gasteiger partial charge in [0.2, 0.25) is 23.6 Å². The first-order valence-corrected chi connectivity index (χ1v) is 16.5. The Bertz CT molecular complexity index is 1270. The van der Waals surface area contributed by atoms with Crippen LogP contribution >= 0.6 is 0 Å². The number of morpholine rings is 1. The number of amides is 4. The van der Waals surface area contributed by atoms with Crippen molar-refractivity contribution in [2.45, 2.75) is 77.9 Å². The number of hydrogen-bond acceptors (Lipinski definition) is 10. The van der Waals surface area contributed by atoms with Crippen LogP contribution in [-0.4, -0.2) is 129 Å². The minimum Gasteiger partial charge on any atom is -0.395 e. The van der Waals surface area contributed by atoms with Crippen molar-refractivity contribution in [2.24, 2.45) is 11.3 Å². The van der Waals surface area contributed by atoms with Crippen molar-refractivity contribution in [1.82, 2.24) is 26.2 Å². The van der Waals surface area contributed by atoms with Gasteiger partial charge in [-0.1, -0.05) is 58.0 Å². The molecule has 1 heterocycles. The van der Waals surface area contributed by atoms with E-state index in [2.05, 4.69) is 30.7 Å². The lowest BCUT2D eigenvalue weighted by Crippen LogP contribution is -2.60. The molecule has 1 aromatic rings. The average Bonchev–Trinajstić information content (AvgIpc) is 3.07. The van der Waals surface area contributed by atoms with Crippen LogP contribution in [0.1, 0.15) is 39.7 Å². The van der Waals surface area contributed by atoms with Gasteiger partial charge in [0.05, 0.1) is 45.6 Å². The molecule has 0 saturated carbocycles. The summed E-state index contributed by atoms with van der Waals surface area (Å²) >= 11 is 0. The second-order valence-corrected chi connectivity index (χ2v) is 13.1. The van der Waals surface area contributed by atoms with E-state index >= 15 is 0 Å². The highest BCUT2D eigenvalue weighted by Crippen LogP contribution is 2.20. The minimum absolute atomic E-state index is 0.00599. The third kappa shape index (κ3) is 16.0. The molecule has 1 aromatic carbocycles. The molecule has 0 spiro atoms. The summed E-state index contributed by atoms with van der Waals surface area (Å²) in [6.45, 7) is -1.56.